The number of ether oxygens (including phenoxy) is 1. The molecule has 0 unspecified atom stereocenters. The van der Waals surface area contributed by atoms with Crippen molar-refractivity contribution < 1.29 is 14.3 Å². The molecule has 1 fully saturated rings. The van der Waals surface area contributed by atoms with Gasteiger partial charge in [0.25, 0.3) is 5.91 Å². The Balaban J connectivity index is 1.63. The number of rotatable bonds is 11. The molecule has 2 amide bonds. The summed E-state index contributed by atoms with van der Waals surface area (Å²) >= 11 is 0. The molecule has 32 heavy (non-hydrogen) atoms. The van der Waals surface area contributed by atoms with Crippen molar-refractivity contribution >= 4 is 11.8 Å². The SMILES string of the molecule is CCCCOc1ccc(C(=O)N(CCC(=O)N2CCNCC2)CCc2ccccc2)cc1. The van der Waals surface area contributed by atoms with E-state index < -0.39 is 0 Å². The second-order valence-corrected chi connectivity index (χ2v) is 8.13. The number of carbonyl (C=O) groups excluding carboxylic acids is 2. The lowest BCUT2D eigenvalue weighted by Crippen LogP contribution is -2.47. The number of piperazine rings is 1. The largest absolute Gasteiger partial charge is 0.494 e. The van der Waals surface area contributed by atoms with Crippen LogP contribution in [0.4, 0.5) is 0 Å². The minimum Gasteiger partial charge on any atom is -0.494 e. The van der Waals surface area contributed by atoms with Gasteiger partial charge in [0.1, 0.15) is 5.75 Å². The average molecular weight is 438 g/mol. The maximum Gasteiger partial charge on any atom is 0.253 e. The summed E-state index contributed by atoms with van der Waals surface area (Å²) in [4.78, 5) is 29.6. The molecule has 1 aliphatic heterocycles. The van der Waals surface area contributed by atoms with Gasteiger partial charge in [0, 0.05) is 51.3 Å². The molecule has 0 radical (unpaired) electrons. The maximum atomic E-state index is 13.3. The van der Waals surface area contributed by atoms with Crippen LogP contribution in [0.1, 0.15) is 42.1 Å². The summed E-state index contributed by atoms with van der Waals surface area (Å²) in [6.07, 6.45) is 3.19. The third kappa shape index (κ3) is 7.38. The first-order valence-electron chi connectivity index (χ1n) is 11.7. The first-order valence-corrected chi connectivity index (χ1v) is 11.7. The van der Waals surface area contributed by atoms with Crippen molar-refractivity contribution in [3.8, 4) is 5.75 Å². The van der Waals surface area contributed by atoms with Gasteiger partial charge in [-0.05, 0) is 42.7 Å². The van der Waals surface area contributed by atoms with E-state index in [0.29, 0.717) is 31.7 Å². The highest BCUT2D eigenvalue weighted by atomic mass is 16.5. The fourth-order valence-electron chi connectivity index (χ4n) is 3.74. The van der Waals surface area contributed by atoms with E-state index in [4.69, 9.17) is 4.74 Å². The van der Waals surface area contributed by atoms with Crippen LogP contribution < -0.4 is 10.1 Å². The van der Waals surface area contributed by atoms with Crippen LogP contribution in [0.25, 0.3) is 0 Å². The molecule has 1 saturated heterocycles. The van der Waals surface area contributed by atoms with E-state index in [1.807, 2.05) is 47.4 Å². The third-order valence-corrected chi connectivity index (χ3v) is 5.73. The Morgan fingerprint density at radius 3 is 2.41 bits per heavy atom. The van der Waals surface area contributed by atoms with Gasteiger partial charge < -0.3 is 19.9 Å². The van der Waals surface area contributed by atoms with Crippen LogP contribution in [0.3, 0.4) is 0 Å². The van der Waals surface area contributed by atoms with Crippen LogP contribution in [0.15, 0.2) is 54.6 Å². The molecule has 0 bridgehead atoms. The van der Waals surface area contributed by atoms with Crippen LogP contribution in [0.5, 0.6) is 5.75 Å². The molecule has 2 aromatic carbocycles. The van der Waals surface area contributed by atoms with Gasteiger partial charge >= 0.3 is 0 Å². The molecule has 0 atom stereocenters. The van der Waals surface area contributed by atoms with E-state index in [0.717, 1.165) is 51.2 Å². The maximum absolute atomic E-state index is 13.3. The third-order valence-electron chi connectivity index (χ3n) is 5.73. The number of hydrogen-bond acceptors (Lipinski definition) is 4. The molecule has 6 nitrogen and oxygen atoms in total. The van der Waals surface area contributed by atoms with Crippen LogP contribution >= 0.6 is 0 Å². The summed E-state index contributed by atoms with van der Waals surface area (Å²) in [6.45, 7) is 6.93. The van der Waals surface area contributed by atoms with Crippen molar-refractivity contribution in [3.05, 3.63) is 65.7 Å². The normalized spacial score (nSPS) is 13.6. The van der Waals surface area contributed by atoms with Crippen molar-refractivity contribution in [3.63, 3.8) is 0 Å². The van der Waals surface area contributed by atoms with E-state index in [9.17, 15) is 9.59 Å². The van der Waals surface area contributed by atoms with E-state index in [1.165, 1.54) is 5.56 Å². The predicted molar refractivity (Wildman–Crippen MR) is 127 cm³/mol. The van der Waals surface area contributed by atoms with E-state index in [2.05, 4.69) is 24.4 Å². The minimum atomic E-state index is -0.0471. The second-order valence-electron chi connectivity index (χ2n) is 8.13. The average Bonchev–Trinajstić information content (AvgIpc) is 2.85. The van der Waals surface area contributed by atoms with Gasteiger partial charge in [-0.1, -0.05) is 43.7 Å². The second kappa shape index (κ2) is 12.9. The monoisotopic (exact) mass is 437 g/mol. The molecular formula is C26H35N3O3. The Morgan fingerprint density at radius 2 is 1.72 bits per heavy atom. The topological polar surface area (TPSA) is 61.9 Å². The molecule has 6 heteroatoms. The van der Waals surface area contributed by atoms with Crippen LogP contribution in [0.2, 0.25) is 0 Å². The van der Waals surface area contributed by atoms with Crippen molar-refractivity contribution in [2.45, 2.75) is 32.6 Å². The summed E-state index contributed by atoms with van der Waals surface area (Å²) in [6, 6.07) is 17.5. The number of amides is 2. The van der Waals surface area contributed by atoms with Gasteiger partial charge in [0.2, 0.25) is 5.91 Å². The zero-order valence-corrected chi connectivity index (χ0v) is 19.1. The fourth-order valence-corrected chi connectivity index (χ4v) is 3.74. The Morgan fingerprint density at radius 1 is 1.00 bits per heavy atom. The van der Waals surface area contributed by atoms with Crippen molar-refractivity contribution in [2.24, 2.45) is 0 Å². The standard InChI is InChI=1S/C26H35N3O3/c1-2-3-21-32-24-11-9-23(10-12-24)26(31)29(17-13-22-7-5-4-6-8-22)18-14-25(30)28-19-15-27-16-20-28/h4-12,27H,2-3,13-21H2,1H3. The Kier molecular flexibility index (Phi) is 9.57. The van der Waals surface area contributed by atoms with Crippen LogP contribution in [-0.2, 0) is 11.2 Å². The van der Waals surface area contributed by atoms with Crippen molar-refractivity contribution in [2.75, 3.05) is 45.9 Å². The van der Waals surface area contributed by atoms with Gasteiger partial charge in [-0.2, -0.15) is 0 Å². The number of nitrogens with one attached hydrogen (secondary N) is 1. The molecule has 0 aliphatic carbocycles. The predicted octanol–water partition coefficient (Wildman–Crippen LogP) is 3.37. The van der Waals surface area contributed by atoms with Crippen LogP contribution in [-0.4, -0.2) is 67.5 Å². The Hall–Kier alpha value is -2.86. The first kappa shape index (κ1) is 23.8. The Labute approximate surface area is 191 Å². The zero-order valence-electron chi connectivity index (χ0n) is 19.1. The number of benzene rings is 2. The highest BCUT2D eigenvalue weighted by molar-refractivity contribution is 5.94. The molecule has 1 heterocycles. The number of hydrogen-bond donors (Lipinski definition) is 1. The quantitative estimate of drug-likeness (QED) is 0.548. The molecule has 2 aromatic rings. The lowest BCUT2D eigenvalue weighted by atomic mass is 10.1. The van der Waals surface area contributed by atoms with E-state index >= 15 is 0 Å². The molecule has 0 aromatic heterocycles. The van der Waals surface area contributed by atoms with Gasteiger partial charge in [0.05, 0.1) is 6.61 Å². The van der Waals surface area contributed by atoms with Gasteiger partial charge in [-0.15, -0.1) is 0 Å². The minimum absolute atomic E-state index is 0.0471. The number of nitrogens with zero attached hydrogens (tertiary/aromatic N) is 2. The summed E-state index contributed by atoms with van der Waals surface area (Å²) in [5.41, 5.74) is 1.80. The van der Waals surface area contributed by atoms with E-state index in [-0.39, 0.29) is 11.8 Å². The number of carbonyl (C=O) groups is 2. The Bertz CT molecular complexity index is 833. The summed E-state index contributed by atoms with van der Waals surface area (Å²) < 4.78 is 5.71. The van der Waals surface area contributed by atoms with Crippen molar-refractivity contribution in [1.82, 2.24) is 15.1 Å². The fraction of sp³-hybridized carbons (Fsp3) is 0.462. The summed E-state index contributed by atoms with van der Waals surface area (Å²) in [5, 5.41) is 3.26. The molecule has 1 aliphatic rings. The lowest BCUT2D eigenvalue weighted by molar-refractivity contribution is -0.131. The molecule has 0 saturated carbocycles. The van der Waals surface area contributed by atoms with Gasteiger partial charge in [-0.3, -0.25) is 9.59 Å². The molecule has 1 N–H and O–H groups in total. The summed E-state index contributed by atoms with van der Waals surface area (Å²) in [5.74, 6) is 0.845. The van der Waals surface area contributed by atoms with E-state index in [1.54, 1.807) is 4.90 Å². The van der Waals surface area contributed by atoms with Crippen molar-refractivity contribution in [1.29, 1.82) is 0 Å². The number of unbranched alkanes of at least 4 members (excludes halogenated alkanes) is 1. The molecule has 3 rings (SSSR count). The van der Waals surface area contributed by atoms with Crippen LogP contribution in [0, 0.1) is 0 Å². The first-order chi connectivity index (χ1) is 15.7. The molecule has 0 spiro atoms. The molecular weight excluding hydrogens is 402 g/mol. The smallest absolute Gasteiger partial charge is 0.253 e. The van der Waals surface area contributed by atoms with Gasteiger partial charge in [-0.25, -0.2) is 0 Å². The lowest BCUT2D eigenvalue weighted by Gasteiger charge is -2.29. The van der Waals surface area contributed by atoms with Gasteiger partial charge in [0.15, 0.2) is 0 Å². The highest BCUT2D eigenvalue weighted by Crippen LogP contribution is 2.15. The summed E-state index contributed by atoms with van der Waals surface area (Å²) in [7, 11) is 0. The molecule has 172 valence electrons. The zero-order chi connectivity index (χ0) is 22.6. The highest BCUT2D eigenvalue weighted by Gasteiger charge is 2.20.